The van der Waals surface area contributed by atoms with Gasteiger partial charge in [0.05, 0.1) is 5.69 Å². The van der Waals surface area contributed by atoms with Gasteiger partial charge in [-0.1, -0.05) is 18.5 Å². The number of alkyl halides is 2. The van der Waals surface area contributed by atoms with Crippen LogP contribution in [0.3, 0.4) is 0 Å². The van der Waals surface area contributed by atoms with E-state index in [1.54, 1.807) is 0 Å². The van der Waals surface area contributed by atoms with E-state index in [0.717, 1.165) is 37.8 Å². The number of aryl methyl sites for hydroxylation is 1. The quantitative estimate of drug-likeness (QED) is 0.825. The summed E-state index contributed by atoms with van der Waals surface area (Å²) in [5, 5.41) is 3.98. The van der Waals surface area contributed by atoms with Gasteiger partial charge in [-0.25, -0.2) is 18.7 Å². The minimum absolute atomic E-state index is 0.0281. The van der Waals surface area contributed by atoms with Crippen molar-refractivity contribution in [2.24, 2.45) is 5.92 Å². The first kappa shape index (κ1) is 16.4. The van der Waals surface area contributed by atoms with Gasteiger partial charge in [-0.15, -0.1) is 0 Å². The number of hydrogen-bond donors (Lipinski definition) is 1. The third-order valence-corrected chi connectivity index (χ3v) is 4.57. The van der Waals surface area contributed by atoms with Gasteiger partial charge in [-0.3, -0.25) is 0 Å². The fourth-order valence-electron chi connectivity index (χ4n) is 2.90. The molecule has 1 aromatic rings. The van der Waals surface area contributed by atoms with Gasteiger partial charge in [-0.05, 0) is 44.4 Å². The molecule has 1 fully saturated rings. The molecule has 1 heterocycles. The first-order chi connectivity index (χ1) is 10.1. The number of anilines is 1. The molecule has 0 radical (unpaired) electrons. The summed E-state index contributed by atoms with van der Waals surface area (Å²) in [5.74, 6) is 1.13. The molecular weight excluding hydrogens is 296 g/mol. The Morgan fingerprint density at radius 3 is 2.62 bits per heavy atom. The molecular formula is C15H22ClF2N3. The Bertz CT molecular complexity index is 449. The highest BCUT2D eigenvalue weighted by Gasteiger charge is 2.23. The molecule has 0 spiro atoms. The van der Waals surface area contributed by atoms with Crippen molar-refractivity contribution in [3.63, 3.8) is 0 Å². The minimum Gasteiger partial charge on any atom is -0.366 e. The molecule has 3 nitrogen and oxygen atoms in total. The van der Waals surface area contributed by atoms with Crippen LogP contribution in [0.1, 0.15) is 51.1 Å². The molecule has 2 rings (SSSR count). The Kier molecular flexibility index (Phi) is 6.15. The van der Waals surface area contributed by atoms with Crippen molar-refractivity contribution in [1.29, 1.82) is 0 Å². The molecule has 0 aromatic carbocycles. The normalized spacial score (nSPS) is 22.5. The lowest BCUT2D eigenvalue weighted by Crippen LogP contribution is -2.27. The van der Waals surface area contributed by atoms with Crippen molar-refractivity contribution in [2.75, 3.05) is 5.32 Å². The summed E-state index contributed by atoms with van der Waals surface area (Å²) in [6, 6.07) is 0.324. The Balaban J connectivity index is 1.83. The van der Waals surface area contributed by atoms with E-state index in [9.17, 15) is 8.78 Å². The van der Waals surface area contributed by atoms with Crippen molar-refractivity contribution < 1.29 is 8.78 Å². The second kappa shape index (κ2) is 7.87. The standard InChI is InChI=1S/C15H22ClF2N3/c1-2-12-14(16)15(20-9-19-12)21-11-6-3-10(4-7-11)5-8-13(17)18/h9-11,13H,2-8H2,1H3,(H,19,20,21)/t10-,11+. The van der Waals surface area contributed by atoms with E-state index in [1.807, 2.05) is 6.92 Å². The predicted octanol–water partition coefficient (Wildman–Crippen LogP) is 4.71. The molecule has 0 bridgehead atoms. The van der Waals surface area contributed by atoms with Gasteiger partial charge < -0.3 is 5.32 Å². The Hall–Kier alpha value is -0.970. The van der Waals surface area contributed by atoms with E-state index in [4.69, 9.17) is 11.6 Å². The van der Waals surface area contributed by atoms with Crippen LogP contribution in [0.15, 0.2) is 6.33 Å². The lowest BCUT2D eigenvalue weighted by atomic mass is 9.83. The second-order valence-corrected chi connectivity index (χ2v) is 6.04. The van der Waals surface area contributed by atoms with E-state index in [-0.39, 0.29) is 6.42 Å². The van der Waals surface area contributed by atoms with Crippen molar-refractivity contribution in [3.05, 3.63) is 17.0 Å². The Labute approximate surface area is 129 Å². The van der Waals surface area contributed by atoms with Gasteiger partial charge in [0, 0.05) is 12.5 Å². The molecule has 6 heteroatoms. The van der Waals surface area contributed by atoms with Crippen molar-refractivity contribution in [1.82, 2.24) is 9.97 Å². The summed E-state index contributed by atoms with van der Waals surface area (Å²) in [7, 11) is 0. The fraction of sp³-hybridized carbons (Fsp3) is 0.733. The number of hydrogen-bond acceptors (Lipinski definition) is 3. The number of nitrogens with one attached hydrogen (secondary N) is 1. The molecule has 0 atom stereocenters. The first-order valence-electron chi connectivity index (χ1n) is 7.64. The average molecular weight is 318 g/mol. The van der Waals surface area contributed by atoms with Crippen LogP contribution in [0, 0.1) is 5.92 Å². The third-order valence-electron chi connectivity index (χ3n) is 4.18. The minimum atomic E-state index is -2.17. The summed E-state index contributed by atoms with van der Waals surface area (Å²) < 4.78 is 24.5. The zero-order chi connectivity index (χ0) is 15.2. The highest BCUT2D eigenvalue weighted by atomic mass is 35.5. The molecule has 0 aliphatic heterocycles. The molecule has 118 valence electrons. The maximum atomic E-state index is 12.2. The molecule has 1 N–H and O–H groups in total. The smallest absolute Gasteiger partial charge is 0.238 e. The molecule has 1 aliphatic rings. The third kappa shape index (κ3) is 4.77. The second-order valence-electron chi connectivity index (χ2n) is 5.67. The number of aromatic nitrogens is 2. The fourth-order valence-corrected chi connectivity index (χ4v) is 3.19. The summed E-state index contributed by atoms with van der Waals surface area (Å²) >= 11 is 6.27. The van der Waals surface area contributed by atoms with E-state index in [1.165, 1.54) is 6.33 Å². The lowest BCUT2D eigenvalue weighted by molar-refractivity contribution is 0.123. The maximum absolute atomic E-state index is 12.2. The van der Waals surface area contributed by atoms with Crippen molar-refractivity contribution in [3.8, 4) is 0 Å². The molecule has 0 unspecified atom stereocenters. The molecule has 1 aliphatic carbocycles. The largest absolute Gasteiger partial charge is 0.366 e. The van der Waals surface area contributed by atoms with Crippen LogP contribution in [0.2, 0.25) is 5.02 Å². The van der Waals surface area contributed by atoms with Crippen molar-refractivity contribution in [2.45, 2.75) is 64.3 Å². The van der Waals surface area contributed by atoms with E-state index in [0.29, 0.717) is 29.2 Å². The van der Waals surface area contributed by atoms with Crippen LogP contribution < -0.4 is 5.32 Å². The van der Waals surface area contributed by atoms with Crippen LogP contribution >= 0.6 is 11.6 Å². The van der Waals surface area contributed by atoms with E-state index >= 15 is 0 Å². The average Bonchev–Trinajstić information content (AvgIpc) is 2.48. The van der Waals surface area contributed by atoms with Gasteiger partial charge in [-0.2, -0.15) is 0 Å². The topological polar surface area (TPSA) is 37.8 Å². The van der Waals surface area contributed by atoms with Crippen LogP contribution in [0.4, 0.5) is 14.6 Å². The zero-order valence-corrected chi connectivity index (χ0v) is 13.0. The number of nitrogens with zero attached hydrogens (tertiary/aromatic N) is 2. The molecule has 1 aromatic heterocycles. The predicted molar refractivity (Wildman–Crippen MR) is 81.0 cm³/mol. The van der Waals surface area contributed by atoms with Crippen LogP contribution in [0.25, 0.3) is 0 Å². The molecule has 1 saturated carbocycles. The monoisotopic (exact) mass is 317 g/mol. The van der Waals surface area contributed by atoms with Crippen LogP contribution in [-0.4, -0.2) is 22.4 Å². The summed E-state index contributed by atoms with van der Waals surface area (Å²) in [4.78, 5) is 8.36. The molecule has 0 amide bonds. The van der Waals surface area contributed by atoms with Gasteiger partial charge in [0.15, 0.2) is 0 Å². The summed E-state index contributed by atoms with van der Waals surface area (Å²) in [5.41, 5.74) is 0.847. The van der Waals surface area contributed by atoms with Gasteiger partial charge >= 0.3 is 0 Å². The number of rotatable bonds is 6. The van der Waals surface area contributed by atoms with Crippen LogP contribution in [-0.2, 0) is 6.42 Å². The summed E-state index contributed by atoms with van der Waals surface area (Å²) in [6.07, 6.45) is 4.75. The van der Waals surface area contributed by atoms with Gasteiger partial charge in [0.25, 0.3) is 0 Å². The lowest BCUT2D eigenvalue weighted by Gasteiger charge is -2.29. The van der Waals surface area contributed by atoms with Crippen LogP contribution in [0.5, 0.6) is 0 Å². The Morgan fingerprint density at radius 2 is 2.00 bits per heavy atom. The highest BCUT2D eigenvalue weighted by molar-refractivity contribution is 6.33. The Morgan fingerprint density at radius 1 is 1.29 bits per heavy atom. The van der Waals surface area contributed by atoms with Gasteiger partial charge in [0.2, 0.25) is 6.43 Å². The number of halogens is 3. The van der Waals surface area contributed by atoms with Gasteiger partial charge in [0.1, 0.15) is 17.2 Å². The van der Waals surface area contributed by atoms with E-state index in [2.05, 4.69) is 15.3 Å². The maximum Gasteiger partial charge on any atom is 0.238 e. The molecule has 21 heavy (non-hydrogen) atoms. The SMILES string of the molecule is CCc1ncnc(N[C@H]2CC[C@@H](CCC(F)F)CC2)c1Cl. The molecule has 0 saturated heterocycles. The first-order valence-corrected chi connectivity index (χ1v) is 8.02. The summed E-state index contributed by atoms with van der Waals surface area (Å²) in [6.45, 7) is 2.01. The highest BCUT2D eigenvalue weighted by Crippen LogP contribution is 2.31. The van der Waals surface area contributed by atoms with E-state index < -0.39 is 6.43 Å². The zero-order valence-electron chi connectivity index (χ0n) is 12.3. The van der Waals surface area contributed by atoms with Crippen molar-refractivity contribution >= 4 is 17.4 Å².